The van der Waals surface area contributed by atoms with E-state index in [0.29, 0.717) is 11.5 Å². The summed E-state index contributed by atoms with van der Waals surface area (Å²) < 4.78 is 16.6. The van der Waals surface area contributed by atoms with Crippen molar-refractivity contribution < 1.29 is 24.1 Å². The number of ketones is 1. The highest BCUT2D eigenvalue weighted by molar-refractivity contribution is 6.03. The number of benzene rings is 2. The van der Waals surface area contributed by atoms with Crippen molar-refractivity contribution in [3.63, 3.8) is 0 Å². The van der Waals surface area contributed by atoms with E-state index < -0.39 is 0 Å². The van der Waals surface area contributed by atoms with Crippen molar-refractivity contribution in [2.45, 2.75) is 38.7 Å². The van der Waals surface area contributed by atoms with Crippen LogP contribution in [-0.4, -0.2) is 30.7 Å². The minimum Gasteiger partial charge on any atom is -0.507 e. The molecule has 3 rings (SSSR count). The molecule has 26 heavy (non-hydrogen) atoms. The Labute approximate surface area is 153 Å². The number of rotatable bonds is 5. The van der Waals surface area contributed by atoms with Gasteiger partial charge in [-0.05, 0) is 44.4 Å². The largest absolute Gasteiger partial charge is 0.507 e. The molecule has 0 saturated heterocycles. The Morgan fingerprint density at radius 3 is 2.50 bits per heavy atom. The monoisotopic (exact) mass is 356 g/mol. The summed E-state index contributed by atoms with van der Waals surface area (Å²) in [6, 6.07) is 8.82. The van der Waals surface area contributed by atoms with E-state index in [1.165, 1.54) is 13.2 Å². The SMILES string of the molecule is COc1ccc(CC(=O)c2c(O)cc3c(c2OC)CCC(C)(C)O3)cc1. The molecule has 0 unspecified atom stereocenters. The topological polar surface area (TPSA) is 65.0 Å². The van der Waals surface area contributed by atoms with Gasteiger partial charge in [0.25, 0.3) is 0 Å². The van der Waals surface area contributed by atoms with Crippen LogP contribution < -0.4 is 14.2 Å². The molecular weight excluding hydrogens is 332 g/mol. The molecule has 0 aliphatic carbocycles. The van der Waals surface area contributed by atoms with Gasteiger partial charge in [-0.1, -0.05) is 12.1 Å². The van der Waals surface area contributed by atoms with Crippen LogP contribution in [0.2, 0.25) is 0 Å². The first-order valence-corrected chi connectivity index (χ1v) is 8.62. The van der Waals surface area contributed by atoms with Crippen molar-refractivity contribution in [2.75, 3.05) is 14.2 Å². The van der Waals surface area contributed by atoms with Crippen molar-refractivity contribution in [3.8, 4) is 23.0 Å². The van der Waals surface area contributed by atoms with Gasteiger partial charge in [0.05, 0.1) is 14.2 Å². The summed E-state index contributed by atoms with van der Waals surface area (Å²) in [7, 11) is 3.11. The molecule has 138 valence electrons. The average molecular weight is 356 g/mol. The van der Waals surface area contributed by atoms with Crippen LogP contribution in [0.1, 0.15) is 41.8 Å². The van der Waals surface area contributed by atoms with Crippen molar-refractivity contribution in [2.24, 2.45) is 0 Å². The number of aromatic hydroxyl groups is 1. The quantitative estimate of drug-likeness (QED) is 0.822. The molecule has 0 spiro atoms. The zero-order valence-corrected chi connectivity index (χ0v) is 15.6. The molecule has 0 saturated carbocycles. The third kappa shape index (κ3) is 3.47. The normalized spacial score (nSPS) is 14.9. The highest BCUT2D eigenvalue weighted by Crippen LogP contribution is 2.44. The molecule has 1 aliphatic heterocycles. The van der Waals surface area contributed by atoms with Crippen LogP contribution in [-0.2, 0) is 12.8 Å². The van der Waals surface area contributed by atoms with Gasteiger partial charge < -0.3 is 19.3 Å². The molecule has 2 aromatic rings. The zero-order valence-electron chi connectivity index (χ0n) is 15.6. The van der Waals surface area contributed by atoms with E-state index in [-0.39, 0.29) is 29.1 Å². The highest BCUT2D eigenvalue weighted by atomic mass is 16.5. The molecular formula is C21H24O5. The lowest BCUT2D eigenvalue weighted by molar-refractivity contribution is 0.0830. The van der Waals surface area contributed by atoms with E-state index in [2.05, 4.69) is 0 Å². The summed E-state index contributed by atoms with van der Waals surface area (Å²) in [4.78, 5) is 12.9. The maximum atomic E-state index is 12.9. The smallest absolute Gasteiger partial charge is 0.174 e. The molecule has 1 heterocycles. The number of phenolic OH excluding ortho intramolecular Hbond substituents is 1. The first kappa shape index (κ1) is 18.1. The Hall–Kier alpha value is -2.69. The Bertz CT molecular complexity index is 821. The van der Waals surface area contributed by atoms with E-state index in [1.54, 1.807) is 7.11 Å². The van der Waals surface area contributed by atoms with Gasteiger partial charge in [-0.3, -0.25) is 4.79 Å². The van der Waals surface area contributed by atoms with Crippen LogP contribution in [0.25, 0.3) is 0 Å². The van der Waals surface area contributed by atoms with E-state index in [4.69, 9.17) is 14.2 Å². The van der Waals surface area contributed by atoms with Gasteiger partial charge in [-0.25, -0.2) is 0 Å². The molecule has 0 bridgehead atoms. The lowest BCUT2D eigenvalue weighted by Gasteiger charge is -2.33. The Morgan fingerprint density at radius 1 is 1.19 bits per heavy atom. The van der Waals surface area contributed by atoms with Gasteiger partial charge in [-0.15, -0.1) is 0 Å². The molecule has 5 nitrogen and oxygen atoms in total. The molecule has 1 N–H and O–H groups in total. The van der Waals surface area contributed by atoms with Crippen LogP contribution in [0.5, 0.6) is 23.0 Å². The van der Waals surface area contributed by atoms with Crippen LogP contribution in [0.15, 0.2) is 30.3 Å². The van der Waals surface area contributed by atoms with E-state index in [1.807, 2.05) is 38.1 Å². The number of hydrogen-bond donors (Lipinski definition) is 1. The molecule has 0 aromatic heterocycles. The first-order chi connectivity index (χ1) is 12.3. The van der Waals surface area contributed by atoms with Gasteiger partial charge >= 0.3 is 0 Å². The molecule has 1 aliphatic rings. The number of hydrogen-bond acceptors (Lipinski definition) is 5. The van der Waals surface area contributed by atoms with E-state index >= 15 is 0 Å². The predicted octanol–water partition coefficient (Wildman–Crippen LogP) is 3.94. The Balaban J connectivity index is 1.95. The van der Waals surface area contributed by atoms with Gasteiger partial charge in [0, 0.05) is 18.1 Å². The fraction of sp³-hybridized carbons (Fsp3) is 0.381. The maximum absolute atomic E-state index is 12.9. The summed E-state index contributed by atoms with van der Waals surface area (Å²) in [5.41, 5.74) is 1.58. The minimum atomic E-state index is -0.306. The fourth-order valence-electron chi connectivity index (χ4n) is 3.28. The molecule has 0 fully saturated rings. The first-order valence-electron chi connectivity index (χ1n) is 8.62. The zero-order chi connectivity index (χ0) is 18.9. The summed E-state index contributed by atoms with van der Waals surface area (Å²) in [6.45, 7) is 4.00. The fourth-order valence-corrected chi connectivity index (χ4v) is 3.28. The Kier molecular flexibility index (Phi) is 4.81. The third-order valence-corrected chi connectivity index (χ3v) is 4.69. The van der Waals surface area contributed by atoms with Crippen molar-refractivity contribution >= 4 is 5.78 Å². The van der Waals surface area contributed by atoms with Crippen LogP contribution in [0.4, 0.5) is 0 Å². The lowest BCUT2D eigenvalue weighted by Crippen LogP contribution is -2.33. The van der Waals surface area contributed by atoms with Gasteiger partial charge in [0.15, 0.2) is 5.78 Å². The number of carbonyl (C=O) groups excluding carboxylic acids is 1. The summed E-state index contributed by atoms with van der Waals surface area (Å²) in [6.07, 6.45) is 1.71. The van der Waals surface area contributed by atoms with E-state index in [9.17, 15) is 9.90 Å². The van der Waals surface area contributed by atoms with Crippen LogP contribution in [0, 0.1) is 0 Å². The van der Waals surface area contributed by atoms with Gasteiger partial charge in [-0.2, -0.15) is 0 Å². The number of ether oxygens (including phenoxy) is 3. The van der Waals surface area contributed by atoms with Crippen LogP contribution >= 0.6 is 0 Å². The number of phenols is 1. The molecule has 2 aromatic carbocycles. The standard InChI is InChI=1S/C21H24O5/c1-21(2)10-9-15-18(26-21)12-17(23)19(20(15)25-4)16(22)11-13-5-7-14(24-3)8-6-13/h5-8,12,23H,9-11H2,1-4H3. The third-order valence-electron chi connectivity index (χ3n) is 4.69. The predicted molar refractivity (Wildman–Crippen MR) is 98.7 cm³/mol. The van der Waals surface area contributed by atoms with Crippen molar-refractivity contribution in [3.05, 3.63) is 47.0 Å². The second kappa shape index (κ2) is 6.90. The van der Waals surface area contributed by atoms with E-state index in [0.717, 1.165) is 29.7 Å². The second-order valence-electron chi connectivity index (χ2n) is 7.09. The summed E-state index contributed by atoms with van der Waals surface area (Å²) in [5.74, 6) is 1.41. The number of fused-ring (bicyclic) bond motifs is 1. The second-order valence-corrected chi connectivity index (χ2v) is 7.09. The van der Waals surface area contributed by atoms with Gasteiger partial charge in [0.2, 0.25) is 0 Å². The number of Topliss-reactive ketones (excluding diaryl/α,β-unsaturated/α-hetero) is 1. The Morgan fingerprint density at radius 2 is 1.88 bits per heavy atom. The van der Waals surface area contributed by atoms with Gasteiger partial charge in [0.1, 0.15) is 34.2 Å². The average Bonchev–Trinajstić information content (AvgIpc) is 2.60. The number of carbonyl (C=O) groups is 1. The highest BCUT2D eigenvalue weighted by Gasteiger charge is 2.32. The number of methoxy groups -OCH3 is 2. The van der Waals surface area contributed by atoms with Crippen molar-refractivity contribution in [1.29, 1.82) is 0 Å². The molecule has 0 amide bonds. The van der Waals surface area contributed by atoms with Crippen LogP contribution in [0.3, 0.4) is 0 Å². The molecule has 0 atom stereocenters. The summed E-state index contributed by atoms with van der Waals surface area (Å²) in [5, 5.41) is 10.5. The molecule has 5 heteroatoms. The molecule has 0 radical (unpaired) electrons. The lowest BCUT2D eigenvalue weighted by atomic mass is 9.90. The van der Waals surface area contributed by atoms with Crippen molar-refractivity contribution in [1.82, 2.24) is 0 Å². The maximum Gasteiger partial charge on any atom is 0.174 e. The summed E-state index contributed by atoms with van der Waals surface area (Å²) >= 11 is 0. The minimum absolute atomic E-state index is 0.114.